The fourth-order valence-corrected chi connectivity index (χ4v) is 3.23. The Bertz CT molecular complexity index is 1150. The minimum absolute atomic E-state index is 0.342. The van der Waals surface area contributed by atoms with Crippen LogP contribution in [0.25, 0.3) is 17.1 Å². The molecule has 28 heavy (non-hydrogen) atoms. The van der Waals surface area contributed by atoms with E-state index in [2.05, 4.69) is 26.3 Å². The van der Waals surface area contributed by atoms with Crippen molar-refractivity contribution >= 4 is 27.5 Å². The van der Waals surface area contributed by atoms with Crippen LogP contribution in [0.4, 0.5) is 10.1 Å². The molecule has 0 aliphatic rings. The lowest BCUT2D eigenvalue weighted by atomic mass is 10.2. The number of furan rings is 1. The maximum absolute atomic E-state index is 13.3. The highest BCUT2D eigenvalue weighted by Gasteiger charge is 2.21. The van der Waals surface area contributed by atoms with Gasteiger partial charge in [0.1, 0.15) is 17.3 Å². The second kappa shape index (κ2) is 7.44. The second-order valence-corrected chi connectivity index (χ2v) is 7.01. The number of amides is 1. The molecule has 2 aromatic carbocycles. The van der Waals surface area contributed by atoms with Crippen molar-refractivity contribution < 1.29 is 13.6 Å². The van der Waals surface area contributed by atoms with Crippen LogP contribution in [-0.4, -0.2) is 15.7 Å². The summed E-state index contributed by atoms with van der Waals surface area (Å²) in [6.45, 7) is 1.83. The summed E-state index contributed by atoms with van der Waals surface area (Å²) in [5.41, 5.74) is 2.04. The molecule has 0 spiro atoms. The number of rotatable bonds is 4. The third-order valence-electron chi connectivity index (χ3n) is 4.13. The first-order chi connectivity index (χ1) is 13.5. The Morgan fingerprint density at radius 3 is 2.61 bits per heavy atom. The number of benzene rings is 2. The SMILES string of the molecule is Cc1ccc(-c2nn(-c3ccccc3)cc2C(=O)Nc2ccc(F)cc2Br)o1. The van der Waals surface area contributed by atoms with Crippen LogP contribution in [0.15, 0.2) is 75.8 Å². The first-order valence-electron chi connectivity index (χ1n) is 8.49. The minimum Gasteiger partial charge on any atom is -0.460 e. The summed E-state index contributed by atoms with van der Waals surface area (Å²) in [6, 6.07) is 17.1. The minimum atomic E-state index is -0.395. The summed E-state index contributed by atoms with van der Waals surface area (Å²) in [5, 5.41) is 7.34. The average molecular weight is 440 g/mol. The number of aryl methyl sites for hydroxylation is 1. The topological polar surface area (TPSA) is 60.1 Å². The zero-order valence-corrected chi connectivity index (χ0v) is 16.4. The fraction of sp³-hybridized carbons (Fsp3) is 0.0476. The summed E-state index contributed by atoms with van der Waals surface area (Å²) in [7, 11) is 0. The average Bonchev–Trinajstić information content (AvgIpc) is 3.31. The molecule has 5 nitrogen and oxygen atoms in total. The number of para-hydroxylation sites is 1. The molecule has 0 radical (unpaired) electrons. The standard InChI is InChI=1S/C21H15BrFN3O2/c1-13-7-10-19(28-13)20-16(12-26(25-20)15-5-3-2-4-6-15)21(27)24-18-9-8-14(23)11-17(18)22/h2-12H,1H3,(H,24,27). The molecule has 0 saturated carbocycles. The predicted octanol–water partition coefficient (Wildman–Crippen LogP) is 5.59. The van der Waals surface area contributed by atoms with Crippen molar-refractivity contribution in [2.75, 3.05) is 5.32 Å². The number of hydrogen-bond donors (Lipinski definition) is 1. The van der Waals surface area contributed by atoms with Crippen molar-refractivity contribution in [3.05, 3.63) is 88.5 Å². The quantitative estimate of drug-likeness (QED) is 0.450. The Morgan fingerprint density at radius 2 is 1.93 bits per heavy atom. The highest BCUT2D eigenvalue weighted by molar-refractivity contribution is 9.10. The molecule has 0 unspecified atom stereocenters. The normalized spacial score (nSPS) is 10.8. The molecule has 0 aliphatic carbocycles. The highest BCUT2D eigenvalue weighted by Crippen LogP contribution is 2.28. The van der Waals surface area contributed by atoms with Crippen molar-refractivity contribution in [3.63, 3.8) is 0 Å². The molecule has 4 aromatic rings. The summed E-state index contributed by atoms with van der Waals surface area (Å²) in [5.74, 6) is 0.444. The smallest absolute Gasteiger partial charge is 0.259 e. The van der Waals surface area contributed by atoms with Crippen molar-refractivity contribution in [3.8, 4) is 17.1 Å². The highest BCUT2D eigenvalue weighted by atomic mass is 79.9. The Kier molecular flexibility index (Phi) is 4.83. The zero-order chi connectivity index (χ0) is 19.7. The maximum Gasteiger partial charge on any atom is 0.259 e. The Morgan fingerprint density at radius 1 is 1.14 bits per heavy atom. The van der Waals surface area contributed by atoms with Gasteiger partial charge in [0.25, 0.3) is 5.91 Å². The zero-order valence-electron chi connectivity index (χ0n) is 14.8. The molecule has 140 valence electrons. The van der Waals surface area contributed by atoms with Crippen LogP contribution < -0.4 is 5.32 Å². The molecular weight excluding hydrogens is 425 g/mol. The van der Waals surface area contributed by atoms with Gasteiger partial charge in [0.15, 0.2) is 5.76 Å². The second-order valence-electron chi connectivity index (χ2n) is 6.16. The monoisotopic (exact) mass is 439 g/mol. The molecule has 0 saturated heterocycles. The molecule has 0 fully saturated rings. The predicted molar refractivity (Wildman–Crippen MR) is 108 cm³/mol. The molecule has 7 heteroatoms. The van der Waals surface area contributed by atoms with Gasteiger partial charge in [-0.3, -0.25) is 4.79 Å². The van der Waals surface area contributed by atoms with Crippen LogP contribution in [0, 0.1) is 12.7 Å². The van der Waals surface area contributed by atoms with E-state index >= 15 is 0 Å². The van der Waals surface area contributed by atoms with Gasteiger partial charge in [-0.05, 0) is 65.3 Å². The van der Waals surface area contributed by atoms with Gasteiger partial charge in [0.2, 0.25) is 0 Å². The number of carbonyl (C=O) groups is 1. The number of aromatic nitrogens is 2. The van der Waals surface area contributed by atoms with E-state index in [1.165, 1.54) is 18.2 Å². The van der Waals surface area contributed by atoms with Gasteiger partial charge in [-0.2, -0.15) is 5.10 Å². The van der Waals surface area contributed by atoms with Gasteiger partial charge >= 0.3 is 0 Å². The summed E-state index contributed by atoms with van der Waals surface area (Å²) in [4.78, 5) is 13.0. The van der Waals surface area contributed by atoms with E-state index in [1.807, 2.05) is 43.3 Å². The Balaban J connectivity index is 1.76. The molecule has 0 aliphatic heterocycles. The molecule has 2 heterocycles. The number of halogens is 2. The molecule has 1 N–H and O–H groups in total. The number of nitrogens with one attached hydrogen (secondary N) is 1. The number of nitrogens with zero attached hydrogens (tertiary/aromatic N) is 2. The summed E-state index contributed by atoms with van der Waals surface area (Å²) >= 11 is 3.26. The van der Waals surface area contributed by atoms with E-state index in [0.29, 0.717) is 27.2 Å². The van der Waals surface area contributed by atoms with Gasteiger partial charge in [0, 0.05) is 10.7 Å². The molecule has 4 rings (SSSR count). The third kappa shape index (κ3) is 3.61. The fourth-order valence-electron chi connectivity index (χ4n) is 2.78. The van der Waals surface area contributed by atoms with Crippen LogP contribution in [0.1, 0.15) is 16.1 Å². The molecule has 1 amide bonds. The van der Waals surface area contributed by atoms with Crippen molar-refractivity contribution in [2.24, 2.45) is 0 Å². The van der Waals surface area contributed by atoms with Gasteiger partial charge in [0.05, 0.1) is 16.9 Å². The lowest BCUT2D eigenvalue weighted by Crippen LogP contribution is -2.12. The van der Waals surface area contributed by atoms with Gasteiger partial charge in [-0.25, -0.2) is 9.07 Å². The lowest BCUT2D eigenvalue weighted by Gasteiger charge is -2.07. The largest absolute Gasteiger partial charge is 0.460 e. The van der Waals surface area contributed by atoms with Crippen LogP contribution in [-0.2, 0) is 0 Å². The van der Waals surface area contributed by atoms with E-state index in [9.17, 15) is 9.18 Å². The van der Waals surface area contributed by atoms with Gasteiger partial charge in [-0.15, -0.1) is 0 Å². The number of hydrogen-bond acceptors (Lipinski definition) is 3. The van der Waals surface area contributed by atoms with Crippen LogP contribution >= 0.6 is 15.9 Å². The van der Waals surface area contributed by atoms with Crippen molar-refractivity contribution in [1.29, 1.82) is 0 Å². The van der Waals surface area contributed by atoms with E-state index in [4.69, 9.17) is 4.42 Å². The van der Waals surface area contributed by atoms with Gasteiger partial charge < -0.3 is 9.73 Å². The van der Waals surface area contributed by atoms with Crippen molar-refractivity contribution in [1.82, 2.24) is 9.78 Å². The van der Waals surface area contributed by atoms with Crippen molar-refractivity contribution in [2.45, 2.75) is 6.92 Å². The molecule has 0 atom stereocenters. The van der Waals surface area contributed by atoms with E-state index in [0.717, 1.165) is 11.4 Å². The Hall–Kier alpha value is -3.19. The summed E-state index contributed by atoms with van der Waals surface area (Å²) < 4.78 is 21.1. The first-order valence-corrected chi connectivity index (χ1v) is 9.29. The lowest BCUT2D eigenvalue weighted by molar-refractivity contribution is 0.102. The number of anilines is 1. The van der Waals surface area contributed by atoms with Crippen LogP contribution in [0.2, 0.25) is 0 Å². The molecular formula is C21H15BrFN3O2. The number of carbonyl (C=O) groups excluding carboxylic acids is 1. The molecule has 2 aromatic heterocycles. The van der Waals surface area contributed by atoms with E-state index in [1.54, 1.807) is 16.9 Å². The summed E-state index contributed by atoms with van der Waals surface area (Å²) in [6.07, 6.45) is 1.65. The maximum atomic E-state index is 13.3. The molecule has 0 bridgehead atoms. The third-order valence-corrected chi connectivity index (χ3v) is 4.79. The Labute approximate surface area is 168 Å². The first kappa shape index (κ1) is 18.2. The van der Waals surface area contributed by atoms with Crippen LogP contribution in [0.3, 0.4) is 0 Å². The van der Waals surface area contributed by atoms with Crippen LogP contribution in [0.5, 0.6) is 0 Å². The van der Waals surface area contributed by atoms with E-state index in [-0.39, 0.29) is 5.91 Å². The van der Waals surface area contributed by atoms with Gasteiger partial charge in [-0.1, -0.05) is 18.2 Å². The van der Waals surface area contributed by atoms with E-state index < -0.39 is 5.82 Å².